The Bertz CT molecular complexity index is 660. The molecule has 0 aliphatic carbocycles. The van der Waals surface area contributed by atoms with Gasteiger partial charge in [0.05, 0.1) is 5.75 Å². The Labute approximate surface area is 137 Å². The number of likely N-dealkylation sites (N-methyl/N-ethyl adjacent to an activating group) is 1. The lowest BCUT2D eigenvalue weighted by atomic mass is 10.1. The van der Waals surface area contributed by atoms with Gasteiger partial charge in [0.1, 0.15) is 0 Å². The van der Waals surface area contributed by atoms with Crippen molar-refractivity contribution in [2.45, 2.75) is 19.6 Å². The van der Waals surface area contributed by atoms with Crippen molar-refractivity contribution < 1.29 is 4.79 Å². The van der Waals surface area contributed by atoms with Gasteiger partial charge in [-0.25, -0.2) is 0 Å². The van der Waals surface area contributed by atoms with Gasteiger partial charge in [0, 0.05) is 18.8 Å². The molecule has 2 rings (SSSR count). The highest BCUT2D eigenvalue weighted by atomic mass is 32.2. The fourth-order valence-corrected chi connectivity index (χ4v) is 3.39. The fraction of sp³-hybridized carbons (Fsp3) is 0.316. The molecule has 0 saturated heterocycles. The van der Waals surface area contributed by atoms with Gasteiger partial charge in [0.15, 0.2) is 0 Å². The molecule has 0 N–H and O–H groups in total. The van der Waals surface area contributed by atoms with E-state index in [1.807, 2.05) is 18.7 Å². The Kier molecular flexibility index (Phi) is 6.08. The molecule has 0 atom stereocenters. The van der Waals surface area contributed by atoms with E-state index in [1.54, 1.807) is 11.8 Å². The van der Waals surface area contributed by atoms with Crippen LogP contribution in [0.25, 0.3) is 10.8 Å². The molecule has 0 bridgehead atoms. The van der Waals surface area contributed by atoms with E-state index in [0.717, 1.165) is 17.9 Å². The quantitative estimate of drug-likeness (QED) is 0.702. The summed E-state index contributed by atoms with van der Waals surface area (Å²) in [4.78, 5) is 14.1. The molecule has 2 aromatic carbocycles. The summed E-state index contributed by atoms with van der Waals surface area (Å²) in [7, 11) is 0. The number of hydrogen-bond donors (Lipinski definition) is 0. The van der Waals surface area contributed by atoms with E-state index in [4.69, 9.17) is 0 Å². The van der Waals surface area contributed by atoms with Crippen LogP contribution in [0.3, 0.4) is 0 Å². The molecular formula is C19H23NOS. The van der Waals surface area contributed by atoms with Crippen LogP contribution in [0.2, 0.25) is 0 Å². The number of hydrogen-bond acceptors (Lipinski definition) is 2. The monoisotopic (exact) mass is 313 g/mol. The van der Waals surface area contributed by atoms with Crippen molar-refractivity contribution >= 4 is 28.4 Å². The lowest BCUT2D eigenvalue weighted by Crippen LogP contribution is -2.33. The fourth-order valence-electron chi connectivity index (χ4n) is 2.46. The van der Waals surface area contributed by atoms with Gasteiger partial charge in [-0.05, 0) is 30.2 Å². The minimum absolute atomic E-state index is 0.190. The van der Waals surface area contributed by atoms with Gasteiger partial charge in [-0.3, -0.25) is 4.79 Å². The minimum Gasteiger partial charge on any atom is -0.338 e. The Morgan fingerprint density at radius 1 is 1.18 bits per heavy atom. The van der Waals surface area contributed by atoms with E-state index in [1.165, 1.54) is 16.3 Å². The zero-order chi connectivity index (χ0) is 15.9. The smallest absolute Gasteiger partial charge is 0.232 e. The summed E-state index contributed by atoms with van der Waals surface area (Å²) in [6.07, 6.45) is 0. The first-order chi connectivity index (χ1) is 10.6. The first-order valence-electron chi connectivity index (χ1n) is 7.58. The molecule has 0 spiro atoms. The molecule has 2 aromatic rings. The summed E-state index contributed by atoms with van der Waals surface area (Å²) < 4.78 is 0. The molecule has 0 fully saturated rings. The normalized spacial score (nSPS) is 10.6. The summed E-state index contributed by atoms with van der Waals surface area (Å²) in [6, 6.07) is 14.7. The Hall–Kier alpha value is -1.74. The second-order valence-corrected chi connectivity index (χ2v) is 6.48. The maximum Gasteiger partial charge on any atom is 0.232 e. The summed E-state index contributed by atoms with van der Waals surface area (Å²) in [6.45, 7) is 9.25. The molecule has 0 aliphatic heterocycles. The predicted octanol–water partition coefficient (Wildman–Crippen LogP) is 4.50. The van der Waals surface area contributed by atoms with Crippen LogP contribution in [-0.2, 0) is 10.5 Å². The molecular weight excluding hydrogens is 290 g/mol. The first kappa shape index (κ1) is 16.6. The van der Waals surface area contributed by atoms with E-state index in [0.29, 0.717) is 12.3 Å². The number of fused-ring (bicyclic) bond motifs is 1. The molecule has 0 unspecified atom stereocenters. The highest BCUT2D eigenvalue weighted by Crippen LogP contribution is 2.22. The van der Waals surface area contributed by atoms with Gasteiger partial charge in [-0.1, -0.05) is 54.6 Å². The Morgan fingerprint density at radius 2 is 1.91 bits per heavy atom. The molecule has 3 heteroatoms. The standard InChI is InChI=1S/C19H23NOS/c1-4-20(12-15(2)3)19(21)14-22-13-17-10-7-9-16-8-5-6-11-18(16)17/h5-11H,2,4,12-14H2,1,3H3. The average Bonchev–Trinajstić information content (AvgIpc) is 2.52. The molecule has 0 heterocycles. The zero-order valence-corrected chi connectivity index (χ0v) is 14.2. The van der Waals surface area contributed by atoms with Crippen LogP contribution in [0.1, 0.15) is 19.4 Å². The highest BCUT2D eigenvalue weighted by molar-refractivity contribution is 7.99. The van der Waals surface area contributed by atoms with Crippen LogP contribution >= 0.6 is 11.8 Å². The summed E-state index contributed by atoms with van der Waals surface area (Å²) in [5, 5.41) is 2.53. The molecule has 2 nitrogen and oxygen atoms in total. The van der Waals surface area contributed by atoms with E-state index < -0.39 is 0 Å². The van der Waals surface area contributed by atoms with Gasteiger partial charge in [-0.15, -0.1) is 11.8 Å². The second kappa shape index (κ2) is 8.04. The zero-order valence-electron chi connectivity index (χ0n) is 13.3. The Balaban J connectivity index is 1.95. The minimum atomic E-state index is 0.190. The SMILES string of the molecule is C=C(C)CN(CC)C(=O)CSCc1cccc2ccccc12. The lowest BCUT2D eigenvalue weighted by Gasteiger charge is -2.20. The van der Waals surface area contributed by atoms with Crippen molar-refractivity contribution in [3.63, 3.8) is 0 Å². The number of nitrogens with zero attached hydrogens (tertiary/aromatic N) is 1. The van der Waals surface area contributed by atoms with Crippen LogP contribution < -0.4 is 0 Å². The highest BCUT2D eigenvalue weighted by Gasteiger charge is 2.11. The molecule has 1 amide bonds. The first-order valence-corrected chi connectivity index (χ1v) is 8.73. The third-order valence-electron chi connectivity index (χ3n) is 3.56. The van der Waals surface area contributed by atoms with E-state index in [9.17, 15) is 4.79 Å². The summed E-state index contributed by atoms with van der Waals surface area (Å²) >= 11 is 1.68. The summed E-state index contributed by atoms with van der Waals surface area (Å²) in [5.41, 5.74) is 2.31. The number of benzene rings is 2. The van der Waals surface area contributed by atoms with Crippen molar-refractivity contribution in [2.75, 3.05) is 18.8 Å². The van der Waals surface area contributed by atoms with Crippen LogP contribution in [0.4, 0.5) is 0 Å². The number of carbonyl (C=O) groups excluding carboxylic acids is 1. The van der Waals surface area contributed by atoms with Gasteiger partial charge >= 0.3 is 0 Å². The molecule has 0 aliphatic rings. The largest absolute Gasteiger partial charge is 0.338 e. The van der Waals surface area contributed by atoms with Crippen molar-refractivity contribution in [1.82, 2.24) is 4.90 Å². The van der Waals surface area contributed by atoms with Gasteiger partial charge in [0.25, 0.3) is 0 Å². The van der Waals surface area contributed by atoms with E-state index >= 15 is 0 Å². The maximum absolute atomic E-state index is 12.2. The van der Waals surface area contributed by atoms with Crippen molar-refractivity contribution in [2.24, 2.45) is 0 Å². The van der Waals surface area contributed by atoms with Crippen LogP contribution in [0.5, 0.6) is 0 Å². The third-order valence-corrected chi connectivity index (χ3v) is 4.52. The average molecular weight is 313 g/mol. The van der Waals surface area contributed by atoms with Gasteiger partial charge in [0.2, 0.25) is 5.91 Å². The number of carbonyl (C=O) groups is 1. The lowest BCUT2D eigenvalue weighted by molar-refractivity contribution is -0.127. The van der Waals surface area contributed by atoms with E-state index in [-0.39, 0.29) is 5.91 Å². The van der Waals surface area contributed by atoms with Gasteiger partial charge < -0.3 is 4.90 Å². The van der Waals surface area contributed by atoms with Gasteiger partial charge in [-0.2, -0.15) is 0 Å². The molecule has 22 heavy (non-hydrogen) atoms. The topological polar surface area (TPSA) is 20.3 Å². The number of amides is 1. The Morgan fingerprint density at radius 3 is 2.64 bits per heavy atom. The third kappa shape index (κ3) is 4.38. The maximum atomic E-state index is 12.2. The van der Waals surface area contributed by atoms with Crippen molar-refractivity contribution in [3.05, 3.63) is 60.2 Å². The molecule has 0 aromatic heterocycles. The number of thioether (sulfide) groups is 1. The molecule has 116 valence electrons. The number of rotatable bonds is 7. The second-order valence-electron chi connectivity index (χ2n) is 5.50. The van der Waals surface area contributed by atoms with Crippen LogP contribution in [0.15, 0.2) is 54.6 Å². The molecule has 0 radical (unpaired) electrons. The van der Waals surface area contributed by atoms with Crippen LogP contribution in [-0.4, -0.2) is 29.6 Å². The summed E-state index contributed by atoms with van der Waals surface area (Å²) in [5.74, 6) is 1.57. The van der Waals surface area contributed by atoms with Crippen LogP contribution in [0, 0.1) is 0 Å². The van der Waals surface area contributed by atoms with Crippen molar-refractivity contribution in [3.8, 4) is 0 Å². The molecule has 0 saturated carbocycles. The van der Waals surface area contributed by atoms with E-state index in [2.05, 4.69) is 49.0 Å². The van der Waals surface area contributed by atoms with Crippen molar-refractivity contribution in [1.29, 1.82) is 0 Å². The predicted molar refractivity (Wildman–Crippen MR) is 97.2 cm³/mol.